The van der Waals surface area contributed by atoms with Crippen LogP contribution in [-0.2, 0) is 11.3 Å². The molecule has 0 radical (unpaired) electrons. The predicted octanol–water partition coefficient (Wildman–Crippen LogP) is 0.716. The summed E-state index contributed by atoms with van der Waals surface area (Å²) in [6, 6.07) is 8.08. The number of benzene rings is 1. The molecule has 1 aromatic rings. The number of carbonyl (C=O) groups excluding carboxylic acids is 2. The predicted molar refractivity (Wildman–Crippen MR) is 99.7 cm³/mol. The van der Waals surface area contributed by atoms with Crippen LogP contribution in [-0.4, -0.2) is 75.1 Å². The van der Waals surface area contributed by atoms with Crippen molar-refractivity contribution < 1.29 is 9.59 Å². The Labute approximate surface area is 150 Å². The molecule has 1 fully saturated rings. The van der Waals surface area contributed by atoms with Gasteiger partial charge in [0.1, 0.15) is 0 Å². The molecule has 0 spiro atoms. The number of nitrogens with zero attached hydrogens (tertiary/aromatic N) is 3. The fraction of sp³-hybridized carbons (Fsp3) is 0.556. The van der Waals surface area contributed by atoms with E-state index in [9.17, 15) is 9.59 Å². The number of rotatable bonds is 6. The highest BCUT2D eigenvalue weighted by atomic mass is 16.2. The molecular weight excluding hydrogens is 318 g/mol. The largest absolute Gasteiger partial charge is 0.378 e. The number of nitrogens with one attached hydrogen (secondary N) is 2. The van der Waals surface area contributed by atoms with Crippen LogP contribution >= 0.6 is 0 Å². The number of carbonyl (C=O) groups is 2. The Morgan fingerprint density at radius 2 is 1.84 bits per heavy atom. The van der Waals surface area contributed by atoms with E-state index in [1.54, 1.807) is 0 Å². The third-order valence-electron chi connectivity index (χ3n) is 4.27. The van der Waals surface area contributed by atoms with Gasteiger partial charge in [-0.05, 0) is 24.6 Å². The zero-order valence-electron chi connectivity index (χ0n) is 15.4. The summed E-state index contributed by atoms with van der Waals surface area (Å²) >= 11 is 0. The number of hydrogen-bond acceptors (Lipinski definition) is 4. The van der Waals surface area contributed by atoms with E-state index in [0.29, 0.717) is 32.7 Å². The molecule has 138 valence electrons. The maximum atomic E-state index is 12.3. The molecule has 1 aromatic carbocycles. The molecule has 2 N–H and O–H groups in total. The normalized spacial score (nSPS) is 14.9. The summed E-state index contributed by atoms with van der Waals surface area (Å²) in [5.41, 5.74) is 2.19. The Bertz CT molecular complexity index is 583. The number of piperazine rings is 1. The first-order chi connectivity index (χ1) is 12.0. The second-order valence-electron chi connectivity index (χ2n) is 6.44. The first-order valence-electron chi connectivity index (χ1n) is 8.77. The minimum Gasteiger partial charge on any atom is -0.378 e. The summed E-state index contributed by atoms with van der Waals surface area (Å²) in [6.45, 7) is 6.21. The highest BCUT2D eigenvalue weighted by molar-refractivity contribution is 5.78. The van der Waals surface area contributed by atoms with Crippen LogP contribution in [0.1, 0.15) is 12.5 Å². The second-order valence-corrected chi connectivity index (χ2v) is 6.44. The van der Waals surface area contributed by atoms with Crippen LogP contribution < -0.4 is 15.5 Å². The SMILES string of the molecule is CCNC(=O)CN1CCN(C(=O)NCc2cccc(N(C)C)c2)CC1. The van der Waals surface area contributed by atoms with Gasteiger partial charge < -0.3 is 20.4 Å². The Morgan fingerprint density at radius 1 is 1.12 bits per heavy atom. The Hall–Kier alpha value is -2.28. The summed E-state index contributed by atoms with van der Waals surface area (Å²) in [4.78, 5) is 29.9. The molecule has 0 aliphatic carbocycles. The standard InChI is InChI=1S/C18H29N5O2/c1-4-19-17(24)14-22-8-10-23(11-9-22)18(25)20-13-15-6-5-7-16(12-15)21(2)3/h5-7,12H,4,8-11,13-14H2,1-3H3,(H,19,24)(H,20,25). The molecule has 3 amide bonds. The highest BCUT2D eigenvalue weighted by Crippen LogP contribution is 2.13. The van der Waals surface area contributed by atoms with Crippen LogP contribution in [0.3, 0.4) is 0 Å². The van der Waals surface area contributed by atoms with Crippen LogP contribution in [0.2, 0.25) is 0 Å². The molecule has 1 aliphatic rings. The lowest BCUT2D eigenvalue weighted by atomic mass is 10.2. The van der Waals surface area contributed by atoms with Crippen molar-refractivity contribution in [2.45, 2.75) is 13.5 Å². The van der Waals surface area contributed by atoms with Gasteiger partial charge in [-0.15, -0.1) is 0 Å². The Morgan fingerprint density at radius 3 is 2.48 bits per heavy atom. The highest BCUT2D eigenvalue weighted by Gasteiger charge is 2.22. The summed E-state index contributed by atoms with van der Waals surface area (Å²) in [5.74, 6) is 0.0428. The van der Waals surface area contributed by atoms with E-state index in [1.807, 2.05) is 49.0 Å². The molecule has 0 atom stereocenters. The molecule has 2 rings (SSSR count). The second kappa shape index (κ2) is 9.27. The fourth-order valence-electron chi connectivity index (χ4n) is 2.80. The van der Waals surface area contributed by atoms with Crippen molar-refractivity contribution in [3.05, 3.63) is 29.8 Å². The zero-order chi connectivity index (χ0) is 18.2. The quantitative estimate of drug-likeness (QED) is 0.796. The summed E-state index contributed by atoms with van der Waals surface area (Å²) in [5, 5.41) is 5.78. The first kappa shape index (κ1) is 19.1. The Kier molecular flexibility index (Phi) is 7.06. The van der Waals surface area contributed by atoms with Gasteiger partial charge in [-0.1, -0.05) is 12.1 Å². The topological polar surface area (TPSA) is 67.9 Å². The van der Waals surface area contributed by atoms with Crippen LogP contribution in [0, 0.1) is 0 Å². The van der Waals surface area contributed by atoms with Crippen LogP contribution in [0.25, 0.3) is 0 Å². The monoisotopic (exact) mass is 347 g/mol. The van der Waals surface area contributed by atoms with Crippen molar-refractivity contribution in [2.75, 3.05) is 58.3 Å². The summed E-state index contributed by atoms with van der Waals surface area (Å²) < 4.78 is 0. The van der Waals surface area contributed by atoms with Crippen LogP contribution in [0.4, 0.5) is 10.5 Å². The van der Waals surface area contributed by atoms with Gasteiger partial charge in [0.05, 0.1) is 6.54 Å². The van der Waals surface area contributed by atoms with E-state index in [2.05, 4.69) is 21.6 Å². The molecule has 1 heterocycles. The van der Waals surface area contributed by atoms with E-state index < -0.39 is 0 Å². The van der Waals surface area contributed by atoms with Crippen molar-refractivity contribution in [3.63, 3.8) is 0 Å². The molecular formula is C18H29N5O2. The van der Waals surface area contributed by atoms with Crippen molar-refractivity contribution in [2.24, 2.45) is 0 Å². The first-order valence-corrected chi connectivity index (χ1v) is 8.77. The van der Waals surface area contributed by atoms with E-state index in [0.717, 1.165) is 24.3 Å². The third kappa shape index (κ3) is 5.94. The van der Waals surface area contributed by atoms with Crippen molar-refractivity contribution >= 4 is 17.6 Å². The van der Waals surface area contributed by atoms with Crippen molar-refractivity contribution in [1.29, 1.82) is 0 Å². The molecule has 0 bridgehead atoms. The summed E-state index contributed by atoms with van der Waals surface area (Å²) in [7, 11) is 4.00. The Balaban J connectivity index is 1.75. The van der Waals surface area contributed by atoms with Gasteiger partial charge in [-0.2, -0.15) is 0 Å². The van der Waals surface area contributed by atoms with E-state index in [4.69, 9.17) is 0 Å². The van der Waals surface area contributed by atoms with Gasteiger partial charge in [0.15, 0.2) is 0 Å². The van der Waals surface area contributed by atoms with Crippen molar-refractivity contribution in [1.82, 2.24) is 20.4 Å². The number of hydrogen-bond donors (Lipinski definition) is 2. The van der Waals surface area contributed by atoms with Crippen LogP contribution in [0.15, 0.2) is 24.3 Å². The van der Waals surface area contributed by atoms with E-state index in [1.165, 1.54) is 0 Å². The molecule has 7 nitrogen and oxygen atoms in total. The molecule has 0 saturated carbocycles. The van der Waals surface area contributed by atoms with Gasteiger partial charge in [0, 0.05) is 59.1 Å². The molecule has 25 heavy (non-hydrogen) atoms. The molecule has 0 aromatic heterocycles. The number of likely N-dealkylation sites (N-methyl/N-ethyl adjacent to an activating group) is 1. The molecule has 1 saturated heterocycles. The lowest BCUT2D eigenvalue weighted by molar-refractivity contribution is -0.122. The lowest BCUT2D eigenvalue weighted by Gasteiger charge is -2.34. The fourth-order valence-corrected chi connectivity index (χ4v) is 2.80. The van der Waals surface area contributed by atoms with Gasteiger partial charge in [-0.25, -0.2) is 4.79 Å². The average Bonchev–Trinajstić information content (AvgIpc) is 2.60. The van der Waals surface area contributed by atoms with Gasteiger partial charge >= 0.3 is 6.03 Å². The average molecular weight is 347 g/mol. The van der Waals surface area contributed by atoms with E-state index in [-0.39, 0.29) is 11.9 Å². The van der Waals surface area contributed by atoms with Gasteiger partial charge in [-0.3, -0.25) is 9.69 Å². The van der Waals surface area contributed by atoms with Gasteiger partial charge in [0.2, 0.25) is 5.91 Å². The lowest BCUT2D eigenvalue weighted by Crippen LogP contribution is -2.53. The van der Waals surface area contributed by atoms with Gasteiger partial charge in [0.25, 0.3) is 0 Å². The minimum absolute atomic E-state index is 0.0428. The maximum Gasteiger partial charge on any atom is 0.317 e. The van der Waals surface area contributed by atoms with Crippen LogP contribution in [0.5, 0.6) is 0 Å². The molecule has 7 heteroatoms. The number of amides is 3. The maximum absolute atomic E-state index is 12.3. The number of anilines is 1. The smallest absolute Gasteiger partial charge is 0.317 e. The third-order valence-corrected chi connectivity index (χ3v) is 4.27. The minimum atomic E-state index is -0.0482. The van der Waals surface area contributed by atoms with E-state index >= 15 is 0 Å². The molecule has 1 aliphatic heterocycles. The zero-order valence-corrected chi connectivity index (χ0v) is 15.4. The number of urea groups is 1. The van der Waals surface area contributed by atoms with Crippen molar-refractivity contribution in [3.8, 4) is 0 Å². The summed E-state index contributed by atoms with van der Waals surface area (Å²) in [6.07, 6.45) is 0. The molecule has 0 unspecified atom stereocenters.